The number of hydrogen-bond donors (Lipinski definition) is 1. The first-order valence-corrected chi connectivity index (χ1v) is 7.89. The van der Waals surface area contributed by atoms with Crippen molar-refractivity contribution in [1.29, 1.82) is 0 Å². The molecule has 0 radical (unpaired) electrons. The van der Waals surface area contributed by atoms with Crippen molar-refractivity contribution in [3.63, 3.8) is 0 Å². The van der Waals surface area contributed by atoms with Gasteiger partial charge in [-0.15, -0.1) is 0 Å². The van der Waals surface area contributed by atoms with E-state index in [2.05, 4.69) is 28.4 Å². The lowest BCUT2D eigenvalue weighted by atomic mass is 9.99. The van der Waals surface area contributed by atoms with Crippen LogP contribution in [0.1, 0.15) is 17.5 Å². The van der Waals surface area contributed by atoms with Gasteiger partial charge in [0.15, 0.2) is 0 Å². The predicted molar refractivity (Wildman–Crippen MR) is 87.1 cm³/mol. The van der Waals surface area contributed by atoms with Crippen molar-refractivity contribution in [3.8, 4) is 0 Å². The average Bonchev–Trinajstić information content (AvgIpc) is 2.54. The second-order valence-electron chi connectivity index (χ2n) is 5.60. The van der Waals surface area contributed by atoms with Crippen molar-refractivity contribution in [2.45, 2.75) is 19.3 Å². The van der Waals surface area contributed by atoms with E-state index in [4.69, 9.17) is 9.47 Å². The highest BCUT2D eigenvalue weighted by Gasteiger charge is 2.10. The molecule has 1 aromatic rings. The molecule has 4 nitrogen and oxygen atoms in total. The summed E-state index contributed by atoms with van der Waals surface area (Å²) < 4.78 is 10.4. The van der Waals surface area contributed by atoms with Gasteiger partial charge < -0.3 is 14.8 Å². The third-order valence-corrected chi connectivity index (χ3v) is 4.05. The van der Waals surface area contributed by atoms with E-state index in [1.54, 1.807) is 14.2 Å². The van der Waals surface area contributed by atoms with E-state index in [0.717, 1.165) is 45.8 Å². The highest BCUT2D eigenvalue weighted by molar-refractivity contribution is 5.54. The van der Waals surface area contributed by atoms with Gasteiger partial charge >= 0.3 is 0 Å². The summed E-state index contributed by atoms with van der Waals surface area (Å²) in [4.78, 5) is 2.41. The smallest absolute Gasteiger partial charge is 0.0589 e. The van der Waals surface area contributed by atoms with Gasteiger partial charge in [0, 0.05) is 46.1 Å². The lowest BCUT2D eigenvalue weighted by Gasteiger charge is -2.22. The van der Waals surface area contributed by atoms with Crippen LogP contribution >= 0.6 is 0 Å². The summed E-state index contributed by atoms with van der Waals surface area (Å²) in [5, 5.41) is 3.47. The SMILES string of the molecule is COCCN(CCOC)CCc1ccc2c(c1)CCCN2. The molecule has 1 heterocycles. The van der Waals surface area contributed by atoms with E-state index in [0.29, 0.717) is 0 Å². The summed E-state index contributed by atoms with van der Waals surface area (Å²) in [6, 6.07) is 6.85. The molecule has 1 aliphatic rings. The first-order valence-electron chi connectivity index (χ1n) is 7.89. The van der Waals surface area contributed by atoms with Crippen LogP contribution in [0.15, 0.2) is 18.2 Å². The van der Waals surface area contributed by atoms with Gasteiger partial charge in [-0.3, -0.25) is 4.90 Å². The molecule has 0 aliphatic carbocycles. The zero-order valence-electron chi connectivity index (χ0n) is 13.4. The first-order chi connectivity index (χ1) is 10.3. The maximum atomic E-state index is 5.19. The molecule has 21 heavy (non-hydrogen) atoms. The van der Waals surface area contributed by atoms with Crippen molar-refractivity contribution in [3.05, 3.63) is 29.3 Å². The minimum absolute atomic E-state index is 0.776. The fraction of sp³-hybridized carbons (Fsp3) is 0.647. The van der Waals surface area contributed by atoms with Gasteiger partial charge in [-0.2, -0.15) is 0 Å². The number of rotatable bonds is 9. The Labute approximate surface area is 128 Å². The molecule has 0 bridgehead atoms. The van der Waals surface area contributed by atoms with E-state index in [9.17, 15) is 0 Å². The van der Waals surface area contributed by atoms with Gasteiger partial charge in [-0.05, 0) is 36.5 Å². The van der Waals surface area contributed by atoms with E-state index in [1.165, 1.54) is 29.7 Å². The van der Waals surface area contributed by atoms with Crippen molar-refractivity contribution in [1.82, 2.24) is 4.90 Å². The number of hydrogen-bond acceptors (Lipinski definition) is 4. The number of nitrogens with one attached hydrogen (secondary N) is 1. The van der Waals surface area contributed by atoms with Crippen LogP contribution in [0.4, 0.5) is 5.69 Å². The quantitative estimate of drug-likeness (QED) is 0.756. The summed E-state index contributed by atoms with van der Waals surface area (Å²) in [5.41, 5.74) is 4.22. The van der Waals surface area contributed by atoms with Gasteiger partial charge in [-0.25, -0.2) is 0 Å². The fourth-order valence-electron chi connectivity index (χ4n) is 2.75. The van der Waals surface area contributed by atoms with Crippen LogP contribution in [0, 0.1) is 0 Å². The second kappa shape index (κ2) is 9.03. The van der Waals surface area contributed by atoms with Gasteiger partial charge in [0.05, 0.1) is 13.2 Å². The fourth-order valence-corrected chi connectivity index (χ4v) is 2.75. The summed E-state index contributed by atoms with van der Waals surface area (Å²) in [6.07, 6.45) is 3.53. The van der Waals surface area contributed by atoms with Crippen LogP contribution in [-0.2, 0) is 22.3 Å². The van der Waals surface area contributed by atoms with E-state index in [1.807, 2.05) is 0 Å². The standard InChI is InChI=1S/C17H28N2O2/c1-20-12-10-19(11-13-21-2)9-7-15-5-6-17-16(14-15)4-3-8-18-17/h5-6,14,18H,3-4,7-13H2,1-2H3. The Hall–Kier alpha value is -1.10. The van der Waals surface area contributed by atoms with E-state index in [-0.39, 0.29) is 0 Å². The second-order valence-corrected chi connectivity index (χ2v) is 5.60. The summed E-state index contributed by atoms with van der Waals surface area (Å²) in [7, 11) is 3.51. The van der Waals surface area contributed by atoms with Crippen LogP contribution < -0.4 is 5.32 Å². The topological polar surface area (TPSA) is 33.7 Å². The van der Waals surface area contributed by atoms with Gasteiger partial charge in [-0.1, -0.05) is 12.1 Å². The van der Waals surface area contributed by atoms with Crippen LogP contribution in [0.25, 0.3) is 0 Å². The Bertz CT molecular complexity index is 415. The third kappa shape index (κ3) is 5.30. The van der Waals surface area contributed by atoms with Crippen LogP contribution in [0.5, 0.6) is 0 Å². The number of methoxy groups -OCH3 is 2. The average molecular weight is 292 g/mol. The molecule has 0 saturated heterocycles. The van der Waals surface area contributed by atoms with Crippen LogP contribution in [0.2, 0.25) is 0 Å². The molecular formula is C17H28N2O2. The van der Waals surface area contributed by atoms with E-state index < -0.39 is 0 Å². The summed E-state index contributed by atoms with van der Waals surface area (Å²) in [5.74, 6) is 0. The van der Waals surface area contributed by atoms with Crippen molar-refractivity contribution >= 4 is 5.69 Å². The Balaban J connectivity index is 1.87. The van der Waals surface area contributed by atoms with Crippen LogP contribution in [0.3, 0.4) is 0 Å². The number of nitrogens with zero attached hydrogens (tertiary/aromatic N) is 1. The van der Waals surface area contributed by atoms with Gasteiger partial charge in [0.1, 0.15) is 0 Å². The minimum Gasteiger partial charge on any atom is -0.385 e. The number of benzene rings is 1. The molecular weight excluding hydrogens is 264 g/mol. The molecule has 0 atom stereocenters. The minimum atomic E-state index is 0.776. The molecule has 2 rings (SSSR count). The zero-order chi connectivity index (χ0) is 14.9. The number of aryl methyl sites for hydroxylation is 1. The lowest BCUT2D eigenvalue weighted by molar-refractivity contribution is 0.115. The number of anilines is 1. The molecule has 1 N–H and O–H groups in total. The zero-order valence-corrected chi connectivity index (χ0v) is 13.4. The van der Waals surface area contributed by atoms with Crippen molar-refractivity contribution < 1.29 is 9.47 Å². The Morgan fingerprint density at radius 3 is 2.57 bits per heavy atom. The van der Waals surface area contributed by atoms with Gasteiger partial charge in [0.2, 0.25) is 0 Å². The van der Waals surface area contributed by atoms with Crippen molar-refractivity contribution in [2.24, 2.45) is 0 Å². The highest BCUT2D eigenvalue weighted by Crippen LogP contribution is 2.23. The van der Waals surface area contributed by atoms with Gasteiger partial charge in [0.25, 0.3) is 0 Å². The summed E-state index contributed by atoms with van der Waals surface area (Å²) >= 11 is 0. The Morgan fingerprint density at radius 2 is 1.86 bits per heavy atom. The van der Waals surface area contributed by atoms with Crippen LogP contribution in [-0.4, -0.2) is 58.5 Å². The molecule has 1 aliphatic heterocycles. The van der Waals surface area contributed by atoms with E-state index >= 15 is 0 Å². The Morgan fingerprint density at radius 1 is 1.10 bits per heavy atom. The molecule has 0 spiro atoms. The van der Waals surface area contributed by atoms with Crippen molar-refractivity contribution in [2.75, 3.05) is 58.9 Å². The number of ether oxygens (including phenoxy) is 2. The maximum absolute atomic E-state index is 5.19. The molecule has 0 aromatic heterocycles. The third-order valence-electron chi connectivity index (χ3n) is 4.05. The largest absolute Gasteiger partial charge is 0.385 e. The number of fused-ring (bicyclic) bond motifs is 1. The molecule has 118 valence electrons. The highest BCUT2D eigenvalue weighted by atomic mass is 16.5. The molecule has 0 unspecified atom stereocenters. The summed E-state index contributed by atoms with van der Waals surface area (Å²) in [6.45, 7) is 5.64. The monoisotopic (exact) mass is 292 g/mol. The lowest BCUT2D eigenvalue weighted by Crippen LogP contribution is -2.32. The Kier molecular flexibility index (Phi) is 7.00. The maximum Gasteiger partial charge on any atom is 0.0589 e. The molecule has 0 amide bonds. The predicted octanol–water partition coefficient (Wildman–Crippen LogP) is 2.18. The molecule has 0 fully saturated rings. The molecule has 4 heteroatoms. The molecule has 1 aromatic carbocycles. The first kappa shape index (κ1) is 16.3. The molecule has 0 saturated carbocycles. The normalized spacial score (nSPS) is 14.0.